The van der Waals surface area contributed by atoms with Gasteiger partial charge >= 0.3 is 12.4 Å². The molecule has 37 heavy (non-hydrogen) atoms. The molecule has 5 rings (SSSR count). The molecule has 196 valence electrons. The SMILES string of the molecule is O=C(N1CCOCC1)N1CC(c2ccc(OC(F)(F)F)cc2)CC(c2nc(-c3cccc(F)c3)no2)C1. The van der Waals surface area contributed by atoms with E-state index in [1.165, 1.54) is 24.3 Å². The van der Waals surface area contributed by atoms with Crippen molar-refractivity contribution < 1.29 is 36.4 Å². The summed E-state index contributed by atoms with van der Waals surface area (Å²) in [5.74, 6) is -0.738. The van der Waals surface area contributed by atoms with Crippen molar-refractivity contribution in [2.45, 2.75) is 24.6 Å². The summed E-state index contributed by atoms with van der Waals surface area (Å²) < 4.78 is 66.3. The second kappa shape index (κ2) is 10.4. The number of nitrogens with zero attached hydrogens (tertiary/aromatic N) is 4. The molecule has 3 aromatic rings. The van der Waals surface area contributed by atoms with E-state index < -0.39 is 12.2 Å². The van der Waals surface area contributed by atoms with E-state index >= 15 is 0 Å². The summed E-state index contributed by atoms with van der Waals surface area (Å²) in [6.07, 6.45) is -4.26. The molecular formula is C25H24F4N4O4. The molecule has 0 aliphatic carbocycles. The van der Waals surface area contributed by atoms with Gasteiger partial charge in [-0.05, 0) is 36.2 Å². The molecule has 2 unspecified atom stereocenters. The van der Waals surface area contributed by atoms with Crippen molar-refractivity contribution in [1.82, 2.24) is 19.9 Å². The van der Waals surface area contributed by atoms with Crippen LogP contribution in [0.4, 0.5) is 22.4 Å². The summed E-state index contributed by atoms with van der Waals surface area (Å²) in [5, 5.41) is 4.00. The van der Waals surface area contributed by atoms with Crippen molar-refractivity contribution in [3.63, 3.8) is 0 Å². The largest absolute Gasteiger partial charge is 0.573 e. The molecule has 8 nitrogen and oxygen atoms in total. The van der Waals surface area contributed by atoms with Gasteiger partial charge in [0.15, 0.2) is 0 Å². The van der Waals surface area contributed by atoms with Gasteiger partial charge in [-0.2, -0.15) is 4.98 Å². The molecule has 2 aliphatic rings. The van der Waals surface area contributed by atoms with Crippen molar-refractivity contribution in [3.8, 4) is 17.1 Å². The number of aromatic nitrogens is 2. The van der Waals surface area contributed by atoms with Crippen molar-refractivity contribution in [2.75, 3.05) is 39.4 Å². The number of hydrogen-bond acceptors (Lipinski definition) is 6. The number of hydrogen-bond donors (Lipinski definition) is 0. The zero-order valence-corrected chi connectivity index (χ0v) is 19.7. The maximum absolute atomic E-state index is 13.7. The molecular weight excluding hydrogens is 496 g/mol. The standard InChI is InChI=1S/C25H24F4N4O4/c26-20-3-1-2-17(13-20)22-30-23(37-31-22)19-12-18(16-4-6-21(7-5-16)36-25(27,28)29)14-33(15-19)24(34)32-8-10-35-11-9-32/h1-7,13,18-19H,8-12,14-15H2. The van der Waals surface area contributed by atoms with E-state index in [0.29, 0.717) is 57.3 Å². The molecule has 1 aromatic heterocycles. The molecule has 2 saturated heterocycles. The van der Waals surface area contributed by atoms with Crippen molar-refractivity contribution >= 4 is 6.03 Å². The van der Waals surface area contributed by atoms with Crippen LogP contribution in [-0.2, 0) is 4.74 Å². The second-order valence-electron chi connectivity index (χ2n) is 9.00. The third kappa shape index (κ3) is 6.01. The van der Waals surface area contributed by atoms with E-state index in [1.807, 2.05) is 0 Å². The molecule has 0 radical (unpaired) electrons. The predicted molar refractivity (Wildman–Crippen MR) is 122 cm³/mol. The summed E-state index contributed by atoms with van der Waals surface area (Å²) in [5.41, 5.74) is 1.22. The fourth-order valence-corrected chi connectivity index (χ4v) is 4.72. The van der Waals surface area contributed by atoms with E-state index in [-0.39, 0.29) is 29.4 Å². The van der Waals surface area contributed by atoms with Crippen molar-refractivity contribution in [3.05, 3.63) is 65.8 Å². The number of rotatable bonds is 4. The number of carbonyl (C=O) groups is 1. The lowest BCUT2D eigenvalue weighted by atomic mass is 9.84. The third-order valence-electron chi connectivity index (χ3n) is 6.46. The van der Waals surface area contributed by atoms with Gasteiger partial charge in [0.25, 0.3) is 0 Å². The Bertz CT molecular complexity index is 1230. The maximum atomic E-state index is 13.7. The summed E-state index contributed by atoms with van der Waals surface area (Å²) in [4.78, 5) is 21.2. The van der Waals surface area contributed by atoms with Crippen LogP contribution < -0.4 is 4.74 Å². The highest BCUT2D eigenvalue weighted by atomic mass is 19.4. The molecule has 2 aromatic carbocycles. The molecule has 3 heterocycles. The Morgan fingerprint density at radius 3 is 2.43 bits per heavy atom. The number of likely N-dealkylation sites (tertiary alicyclic amines) is 1. The number of urea groups is 1. The number of morpholine rings is 1. The number of alkyl halides is 3. The van der Waals surface area contributed by atoms with Crippen LogP contribution in [0.2, 0.25) is 0 Å². The average Bonchev–Trinajstić information content (AvgIpc) is 3.39. The van der Waals surface area contributed by atoms with Crippen LogP contribution in [0.15, 0.2) is 53.1 Å². The van der Waals surface area contributed by atoms with Gasteiger partial charge in [0.05, 0.1) is 19.1 Å². The summed E-state index contributed by atoms with van der Waals surface area (Å²) >= 11 is 0. The first kappa shape index (κ1) is 25.0. The molecule has 0 bridgehead atoms. The van der Waals surface area contributed by atoms with E-state index in [4.69, 9.17) is 9.26 Å². The van der Waals surface area contributed by atoms with E-state index in [2.05, 4.69) is 14.9 Å². The Kier molecular flexibility index (Phi) is 7.00. The highest BCUT2D eigenvalue weighted by Gasteiger charge is 2.37. The van der Waals surface area contributed by atoms with E-state index in [0.717, 1.165) is 5.56 Å². The Hall–Kier alpha value is -3.67. The lowest BCUT2D eigenvalue weighted by molar-refractivity contribution is -0.274. The molecule has 0 spiro atoms. The molecule has 12 heteroatoms. The molecule has 2 amide bonds. The monoisotopic (exact) mass is 520 g/mol. The maximum Gasteiger partial charge on any atom is 0.573 e. The fourth-order valence-electron chi connectivity index (χ4n) is 4.72. The van der Waals surface area contributed by atoms with E-state index in [9.17, 15) is 22.4 Å². The fraction of sp³-hybridized carbons (Fsp3) is 0.400. The minimum absolute atomic E-state index is 0.153. The smallest absolute Gasteiger partial charge is 0.406 e. The first-order chi connectivity index (χ1) is 17.7. The second-order valence-corrected chi connectivity index (χ2v) is 9.00. The highest BCUT2D eigenvalue weighted by molar-refractivity contribution is 5.75. The van der Waals surface area contributed by atoms with Crippen LogP contribution in [0, 0.1) is 5.82 Å². The first-order valence-electron chi connectivity index (χ1n) is 11.8. The Morgan fingerprint density at radius 1 is 1.00 bits per heavy atom. The first-order valence-corrected chi connectivity index (χ1v) is 11.8. The third-order valence-corrected chi connectivity index (χ3v) is 6.46. The topological polar surface area (TPSA) is 80.9 Å². The predicted octanol–water partition coefficient (Wildman–Crippen LogP) is 4.80. The number of carbonyl (C=O) groups excluding carboxylic acids is 1. The minimum atomic E-state index is -4.78. The van der Waals surface area contributed by atoms with Crippen LogP contribution >= 0.6 is 0 Å². The lowest BCUT2D eigenvalue weighted by Crippen LogP contribution is -2.52. The van der Waals surface area contributed by atoms with Gasteiger partial charge in [0, 0.05) is 37.7 Å². The molecule has 0 saturated carbocycles. The van der Waals surface area contributed by atoms with Gasteiger partial charge < -0.3 is 23.8 Å². The zero-order valence-electron chi connectivity index (χ0n) is 19.7. The minimum Gasteiger partial charge on any atom is -0.406 e. The highest BCUT2D eigenvalue weighted by Crippen LogP contribution is 2.37. The quantitative estimate of drug-likeness (QED) is 0.460. The Labute approximate surface area is 209 Å². The Morgan fingerprint density at radius 2 is 1.73 bits per heavy atom. The van der Waals surface area contributed by atoms with Crippen molar-refractivity contribution in [1.29, 1.82) is 0 Å². The molecule has 0 N–H and O–H groups in total. The number of amides is 2. The van der Waals surface area contributed by atoms with Gasteiger partial charge in [-0.1, -0.05) is 29.4 Å². The Balaban J connectivity index is 1.40. The number of ether oxygens (including phenoxy) is 2. The molecule has 2 atom stereocenters. The number of halogens is 4. The summed E-state index contributed by atoms with van der Waals surface area (Å²) in [6.45, 7) is 2.54. The van der Waals surface area contributed by atoms with Crippen molar-refractivity contribution in [2.24, 2.45) is 0 Å². The summed E-state index contributed by atoms with van der Waals surface area (Å²) in [7, 11) is 0. The van der Waals surface area contributed by atoms with Gasteiger partial charge in [0.1, 0.15) is 11.6 Å². The molecule has 2 fully saturated rings. The summed E-state index contributed by atoms with van der Waals surface area (Å²) in [6, 6.07) is 11.3. The van der Waals surface area contributed by atoms with Gasteiger partial charge in [-0.25, -0.2) is 9.18 Å². The van der Waals surface area contributed by atoms with Crippen LogP contribution in [0.1, 0.15) is 29.7 Å². The van der Waals surface area contributed by atoms with Gasteiger partial charge in [-0.15, -0.1) is 13.2 Å². The zero-order chi connectivity index (χ0) is 26.0. The van der Waals surface area contributed by atoms with Gasteiger partial charge in [-0.3, -0.25) is 0 Å². The van der Waals surface area contributed by atoms with Crippen LogP contribution in [0.25, 0.3) is 11.4 Å². The number of benzene rings is 2. The van der Waals surface area contributed by atoms with Crippen LogP contribution in [-0.4, -0.2) is 71.7 Å². The van der Waals surface area contributed by atoms with Gasteiger partial charge in [0.2, 0.25) is 11.7 Å². The van der Waals surface area contributed by atoms with E-state index in [1.54, 1.807) is 34.1 Å². The van der Waals surface area contributed by atoms with Crippen LogP contribution in [0.3, 0.4) is 0 Å². The normalized spacial score (nSPS) is 20.6. The number of piperidine rings is 1. The van der Waals surface area contributed by atoms with Crippen LogP contribution in [0.5, 0.6) is 5.75 Å². The molecule has 2 aliphatic heterocycles. The average molecular weight is 520 g/mol. The lowest BCUT2D eigenvalue weighted by Gasteiger charge is -2.40.